The van der Waals surface area contributed by atoms with E-state index in [1.54, 1.807) is 0 Å². The summed E-state index contributed by atoms with van der Waals surface area (Å²) in [6.45, 7) is 2.80. The van der Waals surface area contributed by atoms with Crippen molar-refractivity contribution in [2.45, 2.75) is 50.7 Å². The van der Waals surface area contributed by atoms with Crippen molar-refractivity contribution < 1.29 is 19.1 Å². The fourth-order valence-corrected chi connectivity index (χ4v) is 3.77. The Hall–Kier alpha value is -2.08. The number of hydrogen-bond donors (Lipinski definition) is 1. The number of nitrogens with one attached hydrogen (secondary N) is 1. The van der Waals surface area contributed by atoms with Gasteiger partial charge in [-0.05, 0) is 56.6 Å². The molecule has 0 radical (unpaired) electrons. The molecule has 1 atom stereocenters. The van der Waals surface area contributed by atoms with Crippen LogP contribution in [0.25, 0.3) is 0 Å². The number of piperidine rings is 1. The minimum Gasteiger partial charge on any atom is -0.492 e. The van der Waals surface area contributed by atoms with Crippen LogP contribution in [-0.4, -0.2) is 55.2 Å². The zero-order valence-corrected chi connectivity index (χ0v) is 15.7. The lowest BCUT2D eigenvalue weighted by molar-refractivity contribution is -0.142. The molecule has 2 amide bonds. The highest BCUT2D eigenvalue weighted by molar-refractivity contribution is 5.97. The maximum absolute atomic E-state index is 12.4. The van der Waals surface area contributed by atoms with E-state index in [0.717, 1.165) is 51.6 Å². The van der Waals surface area contributed by atoms with E-state index < -0.39 is 0 Å². The third-order valence-electron chi connectivity index (χ3n) is 5.65. The van der Waals surface area contributed by atoms with Crippen LogP contribution in [0.3, 0.4) is 0 Å². The molecule has 0 unspecified atom stereocenters. The molecule has 1 N–H and O–H groups in total. The van der Waals surface area contributed by atoms with Crippen LogP contribution in [0.5, 0.6) is 5.75 Å². The number of carbonyl (C=O) groups excluding carboxylic acids is 2. The molecule has 3 aliphatic rings. The highest BCUT2D eigenvalue weighted by atomic mass is 16.5. The maximum Gasteiger partial charge on any atom is 0.255 e. The number of amides is 2. The fourth-order valence-electron chi connectivity index (χ4n) is 3.77. The first-order valence-electron chi connectivity index (χ1n) is 10.1. The first-order chi connectivity index (χ1) is 13.2. The molecule has 1 aliphatic carbocycles. The molecule has 1 aromatic rings. The Morgan fingerprint density at radius 2 is 1.89 bits per heavy atom. The Morgan fingerprint density at radius 1 is 1.11 bits per heavy atom. The Morgan fingerprint density at radius 3 is 2.59 bits per heavy atom. The van der Waals surface area contributed by atoms with Gasteiger partial charge in [-0.15, -0.1) is 0 Å². The zero-order chi connectivity index (χ0) is 18.6. The van der Waals surface area contributed by atoms with Crippen molar-refractivity contribution in [1.29, 1.82) is 0 Å². The van der Waals surface area contributed by atoms with Crippen molar-refractivity contribution in [3.05, 3.63) is 29.8 Å². The van der Waals surface area contributed by atoms with E-state index in [1.165, 1.54) is 0 Å². The standard InChI is InChI=1S/C21H28N2O4/c24-20(22-16-7-8-16)17-4-1-2-5-18(17)27-14-15-9-11-23(12-10-15)21(25)19-6-3-13-26-19/h1-2,4-5,15-16,19H,3,6-14H2,(H,22,24)/t19-/m0/s1. The molecule has 1 saturated carbocycles. The average Bonchev–Trinajstić information content (AvgIpc) is 3.34. The molecule has 6 nitrogen and oxygen atoms in total. The van der Waals surface area contributed by atoms with Crippen molar-refractivity contribution in [3.63, 3.8) is 0 Å². The molecule has 2 saturated heterocycles. The van der Waals surface area contributed by atoms with Gasteiger partial charge in [0.2, 0.25) is 0 Å². The molecule has 4 rings (SSSR count). The second-order valence-electron chi connectivity index (χ2n) is 7.83. The summed E-state index contributed by atoms with van der Waals surface area (Å²) in [5.74, 6) is 1.14. The fraction of sp³-hybridized carbons (Fsp3) is 0.619. The molecule has 1 aromatic carbocycles. The van der Waals surface area contributed by atoms with Gasteiger partial charge in [0.05, 0.1) is 12.2 Å². The molecule has 146 valence electrons. The summed E-state index contributed by atoms with van der Waals surface area (Å²) in [5.41, 5.74) is 0.607. The summed E-state index contributed by atoms with van der Waals surface area (Å²) in [6, 6.07) is 7.76. The predicted octanol–water partition coefficient (Wildman–Crippen LogP) is 2.38. The molecular weight excluding hydrogens is 344 g/mol. The lowest BCUT2D eigenvalue weighted by Crippen LogP contribution is -2.44. The van der Waals surface area contributed by atoms with E-state index in [4.69, 9.17) is 9.47 Å². The van der Waals surface area contributed by atoms with Crippen molar-refractivity contribution in [3.8, 4) is 5.75 Å². The zero-order valence-electron chi connectivity index (χ0n) is 15.7. The largest absolute Gasteiger partial charge is 0.492 e. The Labute approximate surface area is 160 Å². The topological polar surface area (TPSA) is 67.9 Å². The van der Waals surface area contributed by atoms with Crippen LogP contribution < -0.4 is 10.1 Å². The van der Waals surface area contributed by atoms with Crippen molar-refractivity contribution in [2.24, 2.45) is 5.92 Å². The van der Waals surface area contributed by atoms with E-state index in [9.17, 15) is 9.59 Å². The van der Waals surface area contributed by atoms with Gasteiger partial charge in [0.25, 0.3) is 11.8 Å². The van der Waals surface area contributed by atoms with Crippen LogP contribution in [0, 0.1) is 5.92 Å². The summed E-state index contributed by atoms with van der Waals surface area (Å²) >= 11 is 0. The number of carbonyl (C=O) groups is 2. The summed E-state index contributed by atoms with van der Waals surface area (Å²) in [5, 5.41) is 3.02. The molecule has 2 aliphatic heterocycles. The van der Waals surface area contributed by atoms with E-state index in [2.05, 4.69) is 5.32 Å². The van der Waals surface area contributed by atoms with Crippen LogP contribution in [0.4, 0.5) is 0 Å². The molecule has 27 heavy (non-hydrogen) atoms. The van der Waals surface area contributed by atoms with Crippen LogP contribution >= 0.6 is 0 Å². The van der Waals surface area contributed by atoms with Crippen LogP contribution in [0.1, 0.15) is 48.9 Å². The highest BCUT2D eigenvalue weighted by Crippen LogP contribution is 2.25. The molecule has 0 aromatic heterocycles. The average molecular weight is 372 g/mol. The third kappa shape index (κ3) is 4.61. The summed E-state index contributed by atoms with van der Waals surface area (Å²) in [4.78, 5) is 26.7. The van der Waals surface area contributed by atoms with Gasteiger partial charge in [-0.25, -0.2) is 0 Å². The maximum atomic E-state index is 12.4. The minimum absolute atomic E-state index is 0.0509. The lowest BCUT2D eigenvalue weighted by atomic mass is 9.97. The van der Waals surface area contributed by atoms with Gasteiger partial charge in [0, 0.05) is 25.7 Å². The molecule has 2 heterocycles. The van der Waals surface area contributed by atoms with Gasteiger partial charge in [0.15, 0.2) is 0 Å². The van der Waals surface area contributed by atoms with Gasteiger partial charge in [-0.2, -0.15) is 0 Å². The molecule has 3 fully saturated rings. The van der Waals surface area contributed by atoms with E-state index in [1.807, 2.05) is 29.2 Å². The first-order valence-corrected chi connectivity index (χ1v) is 10.1. The molecule has 0 bridgehead atoms. The monoisotopic (exact) mass is 372 g/mol. The molecule has 6 heteroatoms. The Kier molecular flexibility index (Phi) is 5.62. The van der Waals surface area contributed by atoms with Gasteiger partial charge in [-0.1, -0.05) is 12.1 Å². The minimum atomic E-state index is -0.227. The number of hydrogen-bond acceptors (Lipinski definition) is 4. The SMILES string of the molecule is O=C(NC1CC1)c1ccccc1OCC1CCN(C(=O)[C@@H]2CCCO2)CC1. The third-order valence-corrected chi connectivity index (χ3v) is 5.65. The number of ether oxygens (including phenoxy) is 2. The van der Waals surface area contributed by atoms with E-state index in [0.29, 0.717) is 36.5 Å². The van der Waals surface area contributed by atoms with Crippen molar-refractivity contribution in [1.82, 2.24) is 10.2 Å². The normalized spacial score (nSPS) is 23.3. The lowest BCUT2D eigenvalue weighted by Gasteiger charge is -2.33. The second kappa shape index (κ2) is 8.30. The summed E-state index contributed by atoms with van der Waals surface area (Å²) in [7, 11) is 0. The van der Waals surface area contributed by atoms with E-state index >= 15 is 0 Å². The number of benzene rings is 1. The number of likely N-dealkylation sites (tertiary alicyclic amines) is 1. The second-order valence-corrected chi connectivity index (χ2v) is 7.83. The number of para-hydroxylation sites is 1. The summed E-state index contributed by atoms with van der Waals surface area (Å²) in [6.07, 6.45) is 5.59. The van der Waals surface area contributed by atoms with Crippen LogP contribution in [0.2, 0.25) is 0 Å². The molecular formula is C21H28N2O4. The van der Waals surface area contributed by atoms with Crippen LogP contribution in [-0.2, 0) is 9.53 Å². The van der Waals surface area contributed by atoms with Crippen molar-refractivity contribution in [2.75, 3.05) is 26.3 Å². The summed E-state index contributed by atoms with van der Waals surface area (Å²) < 4.78 is 11.5. The van der Waals surface area contributed by atoms with Gasteiger partial charge in [-0.3, -0.25) is 9.59 Å². The number of nitrogens with zero attached hydrogens (tertiary/aromatic N) is 1. The number of rotatable bonds is 6. The van der Waals surface area contributed by atoms with Gasteiger partial charge in [0.1, 0.15) is 11.9 Å². The highest BCUT2D eigenvalue weighted by Gasteiger charge is 2.31. The Balaban J connectivity index is 1.26. The van der Waals surface area contributed by atoms with Gasteiger partial charge < -0.3 is 19.7 Å². The molecule has 0 spiro atoms. The quantitative estimate of drug-likeness (QED) is 0.833. The van der Waals surface area contributed by atoms with Gasteiger partial charge >= 0.3 is 0 Å². The van der Waals surface area contributed by atoms with Crippen molar-refractivity contribution >= 4 is 11.8 Å². The van der Waals surface area contributed by atoms with Crippen LogP contribution in [0.15, 0.2) is 24.3 Å². The Bertz CT molecular complexity index is 675. The smallest absolute Gasteiger partial charge is 0.255 e. The first kappa shape index (κ1) is 18.3. The predicted molar refractivity (Wildman–Crippen MR) is 101 cm³/mol. The van der Waals surface area contributed by atoms with E-state index in [-0.39, 0.29) is 17.9 Å².